The number of allylic oxidation sites excluding steroid dienone is 2. The van der Waals surface area contributed by atoms with E-state index in [4.69, 9.17) is 0 Å². The average Bonchev–Trinajstić information content (AvgIpc) is 1.79. The van der Waals surface area contributed by atoms with Gasteiger partial charge in [0.05, 0.1) is 11.0 Å². The van der Waals surface area contributed by atoms with E-state index in [0.717, 1.165) is 0 Å². The maximum absolute atomic E-state index is 11.6. The largest absolute Gasteiger partial charge is 0.415 e. The molecule has 0 saturated heterocycles. The summed E-state index contributed by atoms with van der Waals surface area (Å²) in [5, 5.41) is 10.1. The molecule has 0 unspecified atom stereocenters. The molecule has 0 aliphatic rings. The van der Waals surface area contributed by atoms with Crippen LogP contribution >= 0.6 is 0 Å². The Balaban J connectivity index is 4.75. The molecule has 0 rings (SSSR count). The molecule has 0 aromatic carbocycles. The fraction of sp³-hybridized carbons (Fsp3) is 0.667. The van der Waals surface area contributed by atoms with Crippen molar-refractivity contribution in [3.05, 3.63) is 21.9 Å². The normalized spacial score (nSPS) is 13.7. The molecule has 0 atom stereocenters. The van der Waals surface area contributed by atoms with Crippen LogP contribution in [-0.4, -0.2) is 11.1 Å². The minimum absolute atomic E-state index is 0.280. The summed E-state index contributed by atoms with van der Waals surface area (Å²) in [6.45, 7) is 2.67. The van der Waals surface area contributed by atoms with Crippen LogP contribution < -0.4 is 0 Å². The number of nitrogens with zero attached hydrogens (tertiary/aromatic N) is 1. The lowest BCUT2D eigenvalue weighted by molar-refractivity contribution is -0.434. The summed E-state index contributed by atoms with van der Waals surface area (Å²) >= 11 is 0. The van der Waals surface area contributed by atoms with E-state index in [2.05, 4.69) is 0 Å². The molecule has 0 aliphatic heterocycles. The zero-order valence-corrected chi connectivity index (χ0v) is 6.55. The van der Waals surface area contributed by atoms with Crippen LogP contribution in [0, 0.1) is 16.0 Å². The van der Waals surface area contributed by atoms with Crippen LogP contribution in [0.2, 0.25) is 0 Å². The SMILES string of the molecule is CC(C)C(=CC(F)(F)F)[N+](=O)[O-]. The number of hydrogen-bond donors (Lipinski definition) is 0. The van der Waals surface area contributed by atoms with Crippen molar-refractivity contribution >= 4 is 0 Å². The molecule has 0 heterocycles. The van der Waals surface area contributed by atoms with E-state index < -0.39 is 22.7 Å². The van der Waals surface area contributed by atoms with Crippen LogP contribution in [0.1, 0.15) is 13.8 Å². The van der Waals surface area contributed by atoms with Crippen molar-refractivity contribution in [2.75, 3.05) is 0 Å². The number of rotatable bonds is 2. The second-order valence-corrected chi connectivity index (χ2v) is 2.52. The molecule has 0 N–H and O–H groups in total. The Kier molecular flexibility index (Phi) is 3.24. The van der Waals surface area contributed by atoms with Crippen molar-refractivity contribution in [3.8, 4) is 0 Å². The molecule has 3 nitrogen and oxygen atoms in total. The van der Waals surface area contributed by atoms with E-state index in [9.17, 15) is 23.3 Å². The lowest BCUT2D eigenvalue weighted by Gasteiger charge is -2.03. The van der Waals surface area contributed by atoms with Crippen LogP contribution in [0.25, 0.3) is 0 Å². The molecular formula is C6H8F3NO2. The number of hydrogen-bond acceptors (Lipinski definition) is 2. The lowest BCUT2D eigenvalue weighted by atomic mass is 10.1. The monoisotopic (exact) mass is 183 g/mol. The first-order valence-electron chi connectivity index (χ1n) is 3.18. The third-order valence-corrected chi connectivity index (χ3v) is 1.11. The van der Waals surface area contributed by atoms with Gasteiger partial charge in [0.15, 0.2) is 0 Å². The molecule has 0 radical (unpaired) electrons. The molecule has 0 spiro atoms. The van der Waals surface area contributed by atoms with Gasteiger partial charge in [-0.1, -0.05) is 13.8 Å². The predicted octanol–water partition coefficient (Wildman–Crippen LogP) is 2.37. The molecule has 12 heavy (non-hydrogen) atoms. The highest BCUT2D eigenvalue weighted by molar-refractivity contribution is 4.99. The smallest absolute Gasteiger partial charge is 0.259 e. The number of halogens is 3. The molecule has 0 aliphatic carbocycles. The highest BCUT2D eigenvalue weighted by Gasteiger charge is 2.30. The second-order valence-electron chi connectivity index (χ2n) is 2.52. The highest BCUT2D eigenvalue weighted by Crippen LogP contribution is 2.22. The molecule has 0 amide bonds. The van der Waals surface area contributed by atoms with Gasteiger partial charge in [0.25, 0.3) is 5.70 Å². The minimum Gasteiger partial charge on any atom is -0.259 e. The first-order chi connectivity index (χ1) is 5.24. The predicted molar refractivity (Wildman–Crippen MR) is 36.0 cm³/mol. The molecule has 6 heteroatoms. The van der Waals surface area contributed by atoms with Crippen molar-refractivity contribution in [1.82, 2.24) is 0 Å². The van der Waals surface area contributed by atoms with E-state index in [1.807, 2.05) is 0 Å². The molecule has 0 fully saturated rings. The highest BCUT2D eigenvalue weighted by atomic mass is 19.4. The van der Waals surface area contributed by atoms with Crippen LogP contribution in [0.5, 0.6) is 0 Å². The third kappa shape index (κ3) is 3.95. The maximum atomic E-state index is 11.6. The minimum atomic E-state index is -4.62. The topological polar surface area (TPSA) is 43.1 Å². The van der Waals surface area contributed by atoms with Gasteiger partial charge in [0.2, 0.25) is 0 Å². The summed E-state index contributed by atoms with van der Waals surface area (Å²) in [6.07, 6.45) is -4.90. The molecule has 0 bridgehead atoms. The molecular weight excluding hydrogens is 175 g/mol. The molecule has 0 saturated carbocycles. The fourth-order valence-electron chi connectivity index (χ4n) is 0.598. The van der Waals surface area contributed by atoms with Gasteiger partial charge in [0.1, 0.15) is 0 Å². The van der Waals surface area contributed by atoms with Crippen LogP contribution in [0.15, 0.2) is 11.8 Å². The Labute approximate surface area is 67.0 Å². The van der Waals surface area contributed by atoms with Gasteiger partial charge >= 0.3 is 6.18 Å². The van der Waals surface area contributed by atoms with E-state index in [0.29, 0.717) is 0 Å². The first kappa shape index (κ1) is 10.9. The van der Waals surface area contributed by atoms with Gasteiger partial charge in [-0.05, 0) is 0 Å². The van der Waals surface area contributed by atoms with E-state index in [1.165, 1.54) is 13.8 Å². The molecule has 70 valence electrons. The van der Waals surface area contributed by atoms with Gasteiger partial charge in [-0.3, -0.25) is 10.1 Å². The summed E-state index contributed by atoms with van der Waals surface area (Å²) < 4.78 is 34.9. The zero-order valence-electron chi connectivity index (χ0n) is 6.55. The standard InChI is InChI=1S/C6H8F3NO2/c1-4(2)5(10(11)12)3-6(7,8)9/h3-4H,1-2H3. The number of alkyl halides is 3. The van der Waals surface area contributed by atoms with Crippen LogP contribution in [0.3, 0.4) is 0 Å². The summed E-state index contributed by atoms with van der Waals surface area (Å²) in [4.78, 5) is 9.04. The van der Waals surface area contributed by atoms with Crippen molar-refractivity contribution in [2.45, 2.75) is 20.0 Å². The Morgan fingerprint density at radius 2 is 1.92 bits per heavy atom. The summed E-state index contributed by atoms with van der Waals surface area (Å²) in [7, 11) is 0. The van der Waals surface area contributed by atoms with Gasteiger partial charge in [0, 0.05) is 5.92 Å². The molecule has 0 aromatic rings. The Morgan fingerprint density at radius 3 is 2.00 bits per heavy atom. The summed E-state index contributed by atoms with van der Waals surface area (Å²) in [5.41, 5.74) is -0.817. The number of nitro groups is 1. The average molecular weight is 183 g/mol. The third-order valence-electron chi connectivity index (χ3n) is 1.11. The summed E-state index contributed by atoms with van der Waals surface area (Å²) in [5.74, 6) is -0.735. The van der Waals surface area contributed by atoms with Crippen LogP contribution in [-0.2, 0) is 0 Å². The van der Waals surface area contributed by atoms with Crippen molar-refractivity contribution < 1.29 is 18.1 Å². The first-order valence-corrected chi connectivity index (χ1v) is 3.18. The van der Waals surface area contributed by atoms with E-state index in [-0.39, 0.29) is 6.08 Å². The van der Waals surface area contributed by atoms with E-state index in [1.54, 1.807) is 0 Å². The summed E-state index contributed by atoms with van der Waals surface area (Å²) in [6, 6.07) is 0. The Morgan fingerprint density at radius 1 is 1.50 bits per heavy atom. The fourth-order valence-corrected chi connectivity index (χ4v) is 0.598. The Hall–Kier alpha value is -1.07. The zero-order chi connectivity index (χ0) is 9.94. The Bertz CT molecular complexity index is 207. The van der Waals surface area contributed by atoms with Gasteiger partial charge < -0.3 is 0 Å². The maximum Gasteiger partial charge on any atom is 0.415 e. The lowest BCUT2D eigenvalue weighted by Crippen LogP contribution is -2.12. The van der Waals surface area contributed by atoms with E-state index >= 15 is 0 Å². The van der Waals surface area contributed by atoms with Gasteiger partial charge in [-0.2, -0.15) is 13.2 Å². The quantitative estimate of drug-likeness (QED) is 0.487. The van der Waals surface area contributed by atoms with Crippen molar-refractivity contribution in [2.24, 2.45) is 5.92 Å². The van der Waals surface area contributed by atoms with Crippen LogP contribution in [0.4, 0.5) is 13.2 Å². The van der Waals surface area contributed by atoms with Crippen molar-refractivity contribution in [1.29, 1.82) is 0 Å². The van der Waals surface area contributed by atoms with Crippen molar-refractivity contribution in [3.63, 3.8) is 0 Å². The second kappa shape index (κ2) is 3.55. The van der Waals surface area contributed by atoms with Gasteiger partial charge in [-0.15, -0.1) is 0 Å². The van der Waals surface area contributed by atoms with Gasteiger partial charge in [-0.25, -0.2) is 0 Å². The molecule has 0 aromatic heterocycles.